The number of fused-ring (bicyclic) bond motifs is 1. The highest BCUT2D eigenvalue weighted by atomic mass is 32.2. The summed E-state index contributed by atoms with van der Waals surface area (Å²) in [5, 5.41) is 10.1. The number of aliphatic hydroxyl groups is 1. The Morgan fingerprint density at radius 2 is 1.94 bits per heavy atom. The molecule has 1 aromatic rings. The van der Waals surface area contributed by atoms with Gasteiger partial charge in [-0.05, 0) is 5.56 Å². The second kappa shape index (κ2) is 3.39. The van der Waals surface area contributed by atoms with E-state index < -0.39 is 21.1 Å². The van der Waals surface area contributed by atoms with Crippen LogP contribution in [0.15, 0.2) is 30.3 Å². The summed E-state index contributed by atoms with van der Waals surface area (Å²) in [6, 6.07) is 5.13. The second-order valence-corrected chi connectivity index (χ2v) is 5.22. The van der Waals surface area contributed by atoms with Crippen LogP contribution in [0.3, 0.4) is 0 Å². The fourth-order valence-corrected chi connectivity index (χ4v) is 2.68. The van der Waals surface area contributed by atoms with Crippen LogP contribution in [0.1, 0.15) is 11.1 Å². The molecule has 86 valence electrons. The summed E-state index contributed by atoms with van der Waals surface area (Å²) in [4.78, 5) is -2.47. The average molecular weight is 241 g/mol. The van der Waals surface area contributed by atoms with E-state index in [-0.39, 0.29) is 5.56 Å². The highest BCUT2D eigenvalue weighted by Crippen LogP contribution is 2.36. The minimum absolute atomic E-state index is 0.0903. The van der Waals surface area contributed by atoms with Crippen LogP contribution in [0.4, 0.5) is 0 Å². The Kier molecular flexibility index (Phi) is 2.39. The number of nitrogens with two attached hydrogens (primary N) is 1. The highest BCUT2D eigenvalue weighted by molar-refractivity contribution is 7.86. The maximum Gasteiger partial charge on any atom is 0.301 e. The van der Waals surface area contributed by atoms with Crippen LogP contribution >= 0.6 is 0 Å². The summed E-state index contributed by atoms with van der Waals surface area (Å²) in [5.41, 5.74) is 6.15. The highest BCUT2D eigenvalue weighted by Gasteiger charge is 2.49. The number of hydrogen-bond acceptors (Lipinski definition) is 4. The Balaban J connectivity index is 2.76. The third-order valence-electron chi connectivity index (χ3n) is 2.67. The molecule has 0 bridgehead atoms. The molecule has 2 rings (SSSR count). The fraction of sp³-hybridized carbons (Fsp3) is 0.200. The van der Waals surface area contributed by atoms with Gasteiger partial charge in [-0.15, -0.1) is 0 Å². The maximum atomic E-state index is 11.3. The van der Waals surface area contributed by atoms with Gasteiger partial charge in [0.25, 0.3) is 0 Å². The second-order valence-electron chi connectivity index (χ2n) is 3.64. The standard InChI is InChI=1S/C10H11NO4S/c11-9-6-5-7-3-1-2-4-8(7)10(9,12)16(13,14)15/h1-6,9,12H,11H2,(H,13,14,15). The van der Waals surface area contributed by atoms with Crippen molar-refractivity contribution >= 4 is 16.2 Å². The number of benzene rings is 1. The predicted octanol–water partition coefficient (Wildman–Crippen LogP) is 0.0736. The lowest BCUT2D eigenvalue weighted by molar-refractivity contribution is 0.0974. The van der Waals surface area contributed by atoms with Gasteiger partial charge in [0.1, 0.15) is 0 Å². The molecule has 1 aliphatic rings. The smallest absolute Gasteiger partial charge is 0.301 e. The van der Waals surface area contributed by atoms with Crippen molar-refractivity contribution in [1.29, 1.82) is 0 Å². The van der Waals surface area contributed by atoms with Gasteiger partial charge in [0.05, 0.1) is 6.04 Å². The van der Waals surface area contributed by atoms with E-state index in [4.69, 9.17) is 10.3 Å². The summed E-state index contributed by atoms with van der Waals surface area (Å²) in [6.45, 7) is 0. The van der Waals surface area contributed by atoms with Gasteiger partial charge in [0.2, 0.25) is 4.93 Å². The van der Waals surface area contributed by atoms with Gasteiger partial charge in [-0.25, -0.2) is 0 Å². The molecular weight excluding hydrogens is 230 g/mol. The lowest BCUT2D eigenvalue weighted by atomic mass is 9.91. The van der Waals surface area contributed by atoms with E-state index in [0.717, 1.165) is 0 Å². The largest absolute Gasteiger partial charge is 0.368 e. The molecule has 6 heteroatoms. The lowest BCUT2D eigenvalue weighted by Crippen LogP contribution is -2.51. The van der Waals surface area contributed by atoms with Gasteiger partial charge in [-0.1, -0.05) is 36.4 Å². The van der Waals surface area contributed by atoms with Gasteiger partial charge in [-0.3, -0.25) is 4.55 Å². The molecule has 0 saturated carbocycles. The van der Waals surface area contributed by atoms with Crippen LogP contribution in [0.2, 0.25) is 0 Å². The van der Waals surface area contributed by atoms with Crippen molar-refractivity contribution in [2.75, 3.05) is 0 Å². The molecule has 0 heterocycles. The fourth-order valence-electron chi connectivity index (χ4n) is 1.80. The maximum absolute atomic E-state index is 11.3. The lowest BCUT2D eigenvalue weighted by Gasteiger charge is -2.33. The van der Waals surface area contributed by atoms with Crippen molar-refractivity contribution < 1.29 is 18.1 Å². The first kappa shape index (κ1) is 11.3. The number of rotatable bonds is 1. The van der Waals surface area contributed by atoms with Crippen LogP contribution < -0.4 is 5.73 Å². The van der Waals surface area contributed by atoms with Crippen LogP contribution in [-0.2, 0) is 15.1 Å². The van der Waals surface area contributed by atoms with Crippen LogP contribution in [0.5, 0.6) is 0 Å². The number of hydrogen-bond donors (Lipinski definition) is 3. The van der Waals surface area contributed by atoms with E-state index in [9.17, 15) is 13.5 Å². The SMILES string of the molecule is NC1C=Cc2ccccc2C1(O)S(=O)(=O)O. The van der Waals surface area contributed by atoms with Crippen molar-refractivity contribution in [3.8, 4) is 0 Å². The van der Waals surface area contributed by atoms with Crippen molar-refractivity contribution in [2.24, 2.45) is 5.73 Å². The summed E-state index contributed by atoms with van der Waals surface area (Å²) in [7, 11) is -4.71. The summed E-state index contributed by atoms with van der Waals surface area (Å²) < 4.78 is 31.7. The molecule has 2 unspecified atom stereocenters. The molecule has 4 N–H and O–H groups in total. The molecule has 1 aromatic carbocycles. The van der Waals surface area contributed by atoms with E-state index in [2.05, 4.69) is 0 Å². The monoisotopic (exact) mass is 241 g/mol. The third kappa shape index (κ3) is 1.39. The zero-order valence-corrected chi connectivity index (χ0v) is 9.05. The average Bonchev–Trinajstić information content (AvgIpc) is 2.22. The minimum atomic E-state index is -4.71. The summed E-state index contributed by atoms with van der Waals surface area (Å²) in [5.74, 6) is 0. The molecule has 16 heavy (non-hydrogen) atoms. The molecule has 0 aromatic heterocycles. The molecule has 0 fully saturated rings. The topological polar surface area (TPSA) is 101 Å². The van der Waals surface area contributed by atoms with Gasteiger partial charge in [0.15, 0.2) is 0 Å². The predicted molar refractivity (Wildman–Crippen MR) is 58.9 cm³/mol. The Hall–Kier alpha value is -1.21. The molecule has 0 radical (unpaired) electrons. The van der Waals surface area contributed by atoms with Gasteiger partial charge in [-0.2, -0.15) is 8.42 Å². The molecular formula is C10H11NO4S. The normalized spacial score (nSPS) is 28.8. The third-order valence-corrected chi connectivity index (χ3v) is 3.95. The molecule has 5 nitrogen and oxygen atoms in total. The van der Waals surface area contributed by atoms with Crippen molar-refractivity contribution in [3.63, 3.8) is 0 Å². The van der Waals surface area contributed by atoms with Gasteiger partial charge in [0, 0.05) is 5.56 Å². The molecule has 0 saturated heterocycles. The van der Waals surface area contributed by atoms with Crippen molar-refractivity contribution in [2.45, 2.75) is 11.0 Å². The zero-order valence-electron chi connectivity index (χ0n) is 8.24. The van der Waals surface area contributed by atoms with Gasteiger partial charge < -0.3 is 10.8 Å². The Morgan fingerprint density at radius 1 is 1.31 bits per heavy atom. The Morgan fingerprint density at radius 3 is 2.56 bits per heavy atom. The van der Waals surface area contributed by atoms with E-state index in [1.165, 1.54) is 12.1 Å². The van der Waals surface area contributed by atoms with E-state index in [1.807, 2.05) is 0 Å². The van der Waals surface area contributed by atoms with E-state index >= 15 is 0 Å². The zero-order chi connectivity index (χ0) is 12.0. The van der Waals surface area contributed by atoms with Crippen molar-refractivity contribution in [1.82, 2.24) is 0 Å². The Bertz CT molecular complexity index is 552. The van der Waals surface area contributed by atoms with Crippen LogP contribution in [0.25, 0.3) is 6.08 Å². The first-order valence-corrected chi connectivity index (χ1v) is 6.04. The summed E-state index contributed by atoms with van der Waals surface area (Å²) in [6.07, 6.45) is 2.95. The first-order valence-electron chi connectivity index (χ1n) is 4.60. The van der Waals surface area contributed by atoms with Crippen LogP contribution in [0, 0.1) is 0 Å². The van der Waals surface area contributed by atoms with Gasteiger partial charge >= 0.3 is 10.1 Å². The quantitative estimate of drug-likeness (QED) is 0.604. The van der Waals surface area contributed by atoms with Crippen molar-refractivity contribution in [3.05, 3.63) is 41.5 Å². The molecule has 0 amide bonds. The first-order chi connectivity index (χ1) is 7.37. The molecule has 1 aliphatic carbocycles. The van der Waals surface area contributed by atoms with E-state index in [1.54, 1.807) is 24.3 Å². The molecule has 0 spiro atoms. The summed E-state index contributed by atoms with van der Waals surface area (Å²) >= 11 is 0. The van der Waals surface area contributed by atoms with E-state index in [0.29, 0.717) is 5.56 Å². The van der Waals surface area contributed by atoms with Crippen LogP contribution in [-0.4, -0.2) is 24.1 Å². The minimum Gasteiger partial charge on any atom is -0.368 e. The Labute approximate surface area is 93.0 Å². The molecule has 2 atom stereocenters. The molecule has 0 aliphatic heterocycles.